The average molecular weight is 307 g/mol. The van der Waals surface area contributed by atoms with Crippen LogP contribution in [0, 0.1) is 5.92 Å². The van der Waals surface area contributed by atoms with Gasteiger partial charge in [-0.1, -0.05) is 0 Å². The second-order valence-corrected chi connectivity index (χ2v) is 6.16. The third kappa shape index (κ3) is 3.12. The number of aliphatic hydroxyl groups is 1. The number of nitrogens with one attached hydrogen (secondary N) is 2. The van der Waals surface area contributed by atoms with E-state index in [4.69, 9.17) is 0 Å². The van der Waals surface area contributed by atoms with E-state index in [0.717, 1.165) is 17.1 Å². The summed E-state index contributed by atoms with van der Waals surface area (Å²) in [4.78, 5) is 16.9. The molecule has 8 heteroatoms. The number of thiazole rings is 1. The maximum atomic E-state index is 12.1. The first kappa shape index (κ1) is 14.2. The molecule has 1 aliphatic rings. The molecule has 0 saturated carbocycles. The van der Waals surface area contributed by atoms with E-state index in [-0.39, 0.29) is 11.8 Å². The lowest BCUT2D eigenvalue weighted by molar-refractivity contribution is 0.0931. The van der Waals surface area contributed by atoms with Crippen molar-refractivity contribution in [1.82, 2.24) is 25.4 Å². The normalized spacial score (nSPS) is 21.6. The van der Waals surface area contributed by atoms with Gasteiger partial charge in [-0.25, -0.2) is 4.98 Å². The van der Waals surface area contributed by atoms with Gasteiger partial charge in [-0.2, -0.15) is 5.10 Å². The molecule has 0 bridgehead atoms. The molecule has 7 nitrogen and oxygen atoms in total. The first-order valence-corrected chi connectivity index (χ1v) is 7.57. The van der Waals surface area contributed by atoms with Crippen LogP contribution in [0.1, 0.15) is 9.67 Å². The third-order valence-electron chi connectivity index (χ3n) is 3.51. The summed E-state index contributed by atoms with van der Waals surface area (Å²) in [6.45, 7) is 1.78. The summed E-state index contributed by atoms with van der Waals surface area (Å²) in [5, 5.41) is 20.5. The van der Waals surface area contributed by atoms with Gasteiger partial charge in [0.05, 0.1) is 18.5 Å². The van der Waals surface area contributed by atoms with Crippen LogP contribution >= 0.6 is 11.3 Å². The molecule has 1 fully saturated rings. The SMILES string of the molecule is Cn1cc(-c2ncc(C(=O)NCC3CNCC3O)s2)cn1. The summed E-state index contributed by atoms with van der Waals surface area (Å²) in [7, 11) is 1.84. The summed E-state index contributed by atoms with van der Waals surface area (Å²) in [6, 6.07) is 0. The van der Waals surface area contributed by atoms with Gasteiger partial charge in [-0.05, 0) is 0 Å². The molecule has 1 amide bonds. The van der Waals surface area contributed by atoms with Crippen molar-refractivity contribution in [3.63, 3.8) is 0 Å². The number of amides is 1. The van der Waals surface area contributed by atoms with Crippen LogP contribution in [0.25, 0.3) is 10.6 Å². The van der Waals surface area contributed by atoms with Crippen molar-refractivity contribution in [3.05, 3.63) is 23.5 Å². The van der Waals surface area contributed by atoms with Crippen LogP contribution in [0.3, 0.4) is 0 Å². The lowest BCUT2D eigenvalue weighted by atomic mass is 10.1. The van der Waals surface area contributed by atoms with Gasteiger partial charge in [0.25, 0.3) is 5.91 Å². The molecule has 2 unspecified atom stereocenters. The highest BCUT2D eigenvalue weighted by atomic mass is 32.1. The summed E-state index contributed by atoms with van der Waals surface area (Å²) in [5.41, 5.74) is 0.900. The van der Waals surface area contributed by atoms with E-state index in [9.17, 15) is 9.90 Å². The standard InChI is InChI=1S/C13H17N5O2S/c1-18-7-9(4-17-18)13-16-6-11(21-13)12(20)15-3-8-2-14-5-10(8)19/h4,6-8,10,14,19H,2-3,5H2,1H3,(H,15,20). The first-order chi connectivity index (χ1) is 10.1. The largest absolute Gasteiger partial charge is 0.391 e. The van der Waals surface area contributed by atoms with Crippen molar-refractivity contribution in [2.45, 2.75) is 6.10 Å². The van der Waals surface area contributed by atoms with Crippen molar-refractivity contribution in [3.8, 4) is 10.6 Å². The number of carbonyl (C=O) groups is 1. The molecule has 0 radical (unpaired) electrons. The lowest BCUT2D eigenvalue weighted by Crippen LogP contribution is -2.34. The molecule has 0 spiro atoms. The zero-order valence-electron chi connectivity index (χ0n) is 11.6. The summed E-state index contributed by atoms with van der Waals surface area (Å²) >= 11 is 1.34. The Bertz CT molecular complexity index is 638. The number of hydrogen-bond acceptors (Lipinski definition) is 6. The molecular formula is C13H17N5O2S. The summed E-state index contributed by atoms with van der Waals surface area (Å²) < 4.78 is 1.70. The molecule has 1 aliphatic heterocycles. The topological polar surface area (TPSA) is 92.1 Å². The number of aliphatic hydroxyl groups excluding tert-OH is 1. The van der Waals surface area contributed by atoms with Crippen LogP contribution in [-0.2, 0) is 7.05 Å². The van der Waals surface area contributed by atoms with Crippen molar-refractivity contribution >= 4 is 17.2 Å². The van der Waals surface area contributed by atoms with E-state index >= 15 is 0 Å². The van der Waals surface area contributed by atoms with Gasteiger partial charge < -0.3 is 15.7 Å². The van der Waals surface area contributed by atoms with E-state index in [2.05, 4.69) is 20.7 Å². The zero-order valence-corrected chi connectivity index (χ0v) is 12.4. The minimum atomic E-state index is -0.391. The predicted molar refractivity (Wildman–Crippen MR) is 79.0 cm³/mol. The molecule has 2 atom stereocenters. The molecule has 3 rings (SSSR count). The molecule has 0 aliphatic carbocycles. The zero-order chi connectivity index (χ0) is 14.8. The molecule has 2 aromatic heterocycles. The number of carbonyl (C=O) groups excluding carboxylic acids is 1. The van der Waals surface area contributed by atoms with Crippen molar-refractivity contribution in [2.24, 2.45) is 13.0 Å². The van der Waals surface area contributed by atoms with Crippen molar-refractivity contribution < 1.29 is 9.90 Å². The summed E-state index contributed by atoms with van der Waals surface area (Å²) in [5.74, 6) is -0.0820. The van der Waals surface area contributed by atoms with Gasteiger partial charge >= 0.3 is 0 Å². The molecule has 21 heavy (non-hydrogen) atoms. The van der Waals surface area contributed by atoms with Crippen LogP contribution in [0.15, 0.2) is 18.6 Å². The van der Waals surface area contributed by atoms with Gasteiger partial charge in [0.15, 0.2) is 0 Å². The number of aromatic nitrogens is 3. The van der Waals surface area contributed by atoms with Crippen LogP contribution in [0.2, 0.25) is 0 Å². The van der Waals surface area contributed by atoms with E-state index in [1.54, 1.807) is 17.1 Å². The Kier molecular flexibility index (Phi) is 4.00. The smallest absolute Gasteiger partial charge is 0.263 e. The molecule has 2 aromatic rings. The Labute approximate surface area is 126 Å². The van der Waals surface area contributed by atoms with E-state index < -0.39 is 6.10 Å². The minimum Gasteiger partial charge on any atom is -0.391 e. The Balaban J connectivity index is 1.61. The van der Waals surface area contributed by atoms with Crippen LogP contribution < -0.4 is 10.6 Å². The predicted octanol–water partition coefficient (Wildman–Crippen LogP) is -0.146. The Morgan fingerprint density at radius 3 is 3.10 bits per heavy atom. The Hall–Kier alpha value is -1.77. The fourth-order valence-electron chi connectivity index (χ4n) is 2.28. The average Bonchev–Trinajstić information content (AvgIpc) is 3.16. The van der Waals surface area contributed by atoms with E-state index in [1.165, 1.54) is 11.3 Å². The fourth-order valence-corrected chi connectivity index (χ4v) is 3.09. The molecule has 1 saturated heterocycles. The van der Waals surface area contributed by atoms with Crippen LogP contribution in [-0.4, -0.2) is 51.5 Å². The quantitative estimate of drug-likeness (QED) is 0.731. The maximum absolute atomic E-state index is 12.1. The number of hydrogen-bond donors (Lipinski definition) is 3. The number of β-amino-alcohol motifs (C(OH)–C–C–N with tert-alkyl or cyclic N) is 1. The van der Waals surface area contributed by atoms with Crippen molar-refractivity contribution in [1.29, 1.82) is 0 Å². The Morgan fingerprint density at radius 1 is 1.57 bits per heavy atom. The van der Waals surface area contributed by atoms with Crippen molar-refractivity contribution in [2.75, 3.05) is 19.6 Å². The van der Waals surface area contributed by atoms with Crippen LogP contribution in [0.5, 0.6) is 0 Å². The minimum absolute atomic E-state index is 0.0691. The van der Waals surface area contributed by atoms with Gasteiger partial charge in [0.1, 0.15) is 9.88 Å². The third-order valence-corrected chi connectivity index (χ3v) is 4.56. The monoisotopic (exact) mass is 307 g/mol. The second-order valence-electron chi connectivity index (χ2n) is 5.13. The first-order valence-electron chi connectivity index (χ1n) is 6.75. The maximum Gasteiger partial charge on any atom is 0.263 e. The molecule has 3 heterocycles. The molecule has 0 aromatic carbocycles. The fraction of sp³-hybridized carbons (Fsp3) is 0.462. The highest BCUT2D eigenvalue weighted by Crippen LogP contribution is 2.24. The summed E-state index contributed by atoms with van der Waals surface area (Å²) in [6.07, 6.45) is 4.77. The number of nitrogens with zero attached hydrogens (tertiary/aromatic N) is 3. The van der Waals surface area contributed by atoms with Gasteiger partial charge in [0.2, 0.25) is 0 Å². The van der Waals surface area contributed by atoms with Gasteiger partial charge in [-0.3, -0.25) is 9.48 Å². The number of rotatable bonds is 4. The molecule has 112 valence electrons. The van der Waals surface area contributed by atoms with Gasteiger partial charge in [0, 0.05) is 44.4 Å². The van der Waals surface area contributed by atoms with E-state index in [1.807, 2.05) is 13.2 Å². The number of aryl methyl sites for hydroxylation is 1. The van der Waals surface area contributed by atoms with Gasteiger partial charge in [-0.15, -0.1) is 11.3 Å². The molecular weight excluding hydrogens is 290 g/mol. The highest BCUT2D eigenvalue weighted by Gasteiger charge is 2.25. The lowest BCUT2D eigenvalue weighted by Gasteiger charge is -2.13. The highest BCUT2D eigenvalue weighted by molar-refractivity contribution is 7.16. The van der Waals surface area contributed by atoms with Crippen LogP contribution in [0.4, 0.5) is 0 Å². The Morgan fingerprint density at radius 2 is 2.43 bits per heavy atom. The van der Waals surface area contributed by atoms with E-state index in [0.29, 0.717) is 18.0 Å². The molecule has 3 N–H and O–H groups in total. The second kappa shape index (κ2) is 5.92.